The van der Waals surface area contributed by atoms with E-state index in [1.165, 1.54) is 6.92 Å². The summed E-state index contributed by atoms with van der Waals surface area (Å²) in [5.74, 6) is -1.51. The topological polar surface area (TPSA) is 89.6 Å². The molecule has 0 aromatic carbocycles. The second kappa shape index (κ2) is 6.87. The molecule has 1 atom stereocenters. The number of halogens is 1. The molecule has 0 aliphatic heterocycles. The number of rotatable bonds is 4. The van der Waals surface area contributed by atoms with E-state index in [2.05, 4.69) is 4.74 Å². The highest BCUT2D eigenvalue weighted by Gasteiger charge is 2.10. The van der Waals surface area contributed by atoms with Crippen molar-refractivity contribution in [2.75, 3.05) is 6.61 Å². The Labute approximate surface area is 76.3 Å². The van der Waals surface area contributed by atoms with Gasteiger partial charge in [0.15, 0.2) is 0 Å². The second-order valence-corrected chi connectivity index (χ2v) is 2.07. The van der Waals surface area contributed by atoms with Crippen molar-refractivity contribution in [3.63, 3.8) is 0 Å². The molecule has 0 bridgehead atoms. The number of carbonyl (C=O) groups excluding carboxylic acids is 1. The second-order valence-electron chi connectivity index (χ2n) is 2.07. The molecule has 0 heterocycles. The number of hydrogen-bond acceptors (Lipinski definition) is 4. The molecule has 0 aliphatic carbocycles. The molecule has 0 radical (unpaired) electrons. The van der Waals surface area contributed by atoms with Crippen LogP contribution in [0, 0.1) is 0 Å². The molecule has 0 unspecified atom stereocenters. The summed E-state index contributed by atoms with van der Waals surface area (Å²) in [6.45, 7) is 1.31. The molecule has 0 aliphatic rings. The van der Waals surface area contributed by atoms with Gasteiger partial charge in [0.25, 0.3) is 0 Å². The first kappa shape index (κ1) is 13.8. The molecule has 3 N–H and O–H groups in total. The van der Waals surface area contributed by atoms with E-state index in [0.29, 0.717) is 0 Å². The molecule has 0 aromatic rings. The zero-order valence-electron chi connectivity index (χ0n) is 6.65. The highest BCUT2D eigenvalue weighted by molar-refractivity contribution is 5.85. The van der Waals surface area contributed by atoms with Gasteiger partial charge in [-0.15, -0.1) is 12.4 Å². The molecule has 0 rings (SSSR count). The maximum absolute atomic E-state index is 10.2. The zero-order chi connectivity index (χ0) is 8.85. The van der Waals surface area contributed by atoms with Gasteiger partial charge in [-0.2, -0.15) is 0 Å². The van der Waals surface area contributed by atoms with Gasteiger partial charge in [-0.25, -0.2) is 0 Å². The molecule has 0 aromatic heterocycles. The minimum Gasteiger partial charge on any atom is -0.480 e. The summed E-state index contributed by atoms with van der Waals surface area (Å²) in [6.07, 6.45) is 0.148. The molecule has 12 heavy (non-hydrogen) atoms. The van der Waals surface area contributed by atoms with E-state index in [1.807, 2.05) is 0 Å². The lowest BCUT2D eigenvalue weighted by Crippen LogP contribution is -2.31. The summed E-state index contributed by atoms with van der Waals surface area (Å²) < 4.78 is 4.48. The normalized spacial score (nSPS) is 11.2. The van der Waals surface area contributed by atoms with Crippen LogP contribution >= 0.6 is 12.4 Å². The molecule has 6 heteroatoms. The molecule has 0 amide bonds. The number of carboxylic acids is 1. The Morgan fingerprint density at radius 2 is 2.08 bits per heavy atom. The molecular formula is C6H12ClNO4. The van der Waals surface area contributed by atoms with Crippen molar-refractivity contribution in [1.82, 2.24) is 0 Å². The first-order valence-electron chi connectivity index (χ1n) is 3.15. The van der Waals surface area contributed by atoms with Gasteiger partial charge in [-0.1, -0.05) is 0 Å². The predicted molar refractivity (Wildman–Crippen MR) is 44.1 cm³/mol. The molecular weight excluding hydrogens is 186 g/mol. The molecule has 0 spiro atoms. The minimum atomic E-state index is -1.09. The van der Waals surface area contributed by atoms with Crippen LogP contribution in [0.15, 0.2) is 0 Å². The standard InChI is InChI=1S/C6H11NO4.ClH/c1-4(8)11-3-2-5(7)6(9)10;/h5H,2-3,7H2,1H3,(H,9,10);1H/t5-;/m0./s1. The van der Waals surface area contributed by atoms with E-state index >= 15 is 0 Å². The quantitative estimate of drug-likeness (QED) is 0.608. The first-order chi connectivity index (χ1) is 5.04. The van der Waals surface area contributed by atoms with Gasteiger partial charge in [0, 0.05) is 13.3 Å². The lowest BCUT2D eigenvalue weighted by molar-refractivity contribution is -0.144. The van der Waals surface area contributed by atoms with Crippen LogP contribution in [0.5, 0.6) is 0 Å². The summed E-state index contributed by atoms with van der Waals surface area (Å²) in [7, 11) is 0. The Bertz CT molecular complexity index is 162. The average molecular weight is 198 g/mol. The summed E-state index contributed by atoms with van der Waals surface area (Å²) in [5, 5.41) is 8.28. The summed E-state index contributed by atoms with van der Waals surface area (Å²) in [6, 6.07) is -0.950. The van der Waals surface area contributed by atoms with Crippen molar-refractivity contribution in [1.29, 1.82) is 0 Å². The Kier molecular flexibility index (Phi) is 7.88. The maximum atomic E-state index is 10.2. The van der Waals surface area contributed by atoms with Crippen LogP contribution in [0.3, 0.4) is 0 Å². The SMILES string of the molecule is CC(=O)OCC[C@H](N)C(=O)O.Cl. The Hall–Kier alpha value is -0.810. The van der Waals surface area contributed by atoms with Crippen molar-refractivity contribution in [2.24, 2.45) is 5.73 Å². The monoisotopic (exact) mass is 197 g/mol. The van der Waals surface area contributed by atoms with Crippen molar-refractivity contribution < 1.29 is 19.4 Å². The average Bonchev–Trinajstić information content (AvgIpc) is 1.86. The lowest BCUT2D eigenvalue weighted by atomic mass is 10.2. The third-order valence-corrected chi connectivity index (χ3v) is 1.05. The van der Waals surface area contributed by atoms with Gasteiger partial charge >= 0.3 is 11.9 Å². The van der Waals surface area contributed by atoms with Crippen LogP contribution < -0.4 is 5.73 Å². The van der Waals surface area contributed by atoms with Crippen molar-refractivity contribution in [2.45, 2.75) is 19.4 Å². The minimum absolute atomic E-state index is 0. The van der Waals surface area contributed by atoms with Crippen molar-refractivity contribution >= 4 is 24.3 Å². The van der Waals surface area contributed by atoms with Crippen molar-refractivity contribution in [3.05, 3.63) is 0 Å². The number of nitrogens with two attached hydrogens (primary N) is 1. The third kappa shape index (κ3) is 7.30. The van der Waals surface area contributed by atoms with Gasteiger partial charge < -0.3 is 15.6 Å². The van der Waals surface area contributed by atoms with Gasteiger partial charge in [-0.3, -0.25) is 9.59 Å². The van der Waals surface area contributed by atoms with E-state index in [0.717, 1.165) is 0 Å². The van der Waals surface area contributed by atoms with E-state index < -0.39 is 18.0 Å². The Morgan fingerprint density at radius 1 is 1.58 bits per heavy atom. The van der Waals surface area contributed by atoms with Crippen LogP contribution in [-0.4, -0.2) is 29.7 Å². The highest BCUT2D eigenvalue weighted by atomic mass is 35.5. The van der Waals surface area contributed by atoms with E-state index in [-0.39, 0.29) is 25.4 Å². The van der Waals surface area contributed by atoms with Gasteiger partial charge in [0.1, 0.15) is 6.04 Å². The number of carboxylic acid groups (broad SMARTS) is 1. The zero-order valence-corrected chi connectivity index (χ0v) is 7.47. The molecule has 72 valence electrons. The Morgan fingerprint density at radius 3 is 2.42 bits per heavy atom. The number of aliphatic carboxylic acids is 1. The highest BCUT2D eigenvalue weighted by Crippen LogP contribution is 1.89. The summed E-state index contributed by atoms with van der Waals surface area (Å²) in [5.41, 5.74) is 5.11. The van der Waals surface area contributed by atoms with Crippen LogP contribution in [0.4, 0.5) is 0 Å². The van der Waals surface area contributed by atoms with E-state index in [1.54, 1.807) is 0 Å². The number of esters is 1. The van der Waals surface area contributed by atoms with Crippen LogP contribution in [0.25, 0.3) is 0 Å². The molecule has 5 nitrogen and oxygen atoms in total. The molecule has 0 saturated carbocycles. The van der Waals surface area contributed by atoms with Crippen LogP contribution in [0.2, 0.25) is 0 Å². The molecule has 0 saturated heterocycles. The summed E-state index contributed by atoms with van der Waals surface area (Å²) in [4.78, 5) is 20.3. The third-order valence-electron chi connectivity index (χ3n) is 1.05. The van der Waals surface area contributed by atoms with Gasteiger partial charge in [0.2, 0.25) is 0 Å². The van der Waals surface area contributed by atoms with Gasteiger partial charge in [-0.05, 0) is 0 Å². The van der Waals surface area contributed by atoms with Crippen LogP contribution in [0.1, 0.15) is 13.3 Å². The first-order valence-corrected chi connectivity index (χ1v) is 3.15. The van der Waals surface area contributed by atoms with Crippen molar-refractivity contribution in [3.8, 4) is 0 Å². The number of ether oxygens (including phenoxy) is 1. The maximum Gasteiger partial charge on any atom is 0.320 e. The lowest BCUT2D eigenvalue weighted by Gasteiger charge is -2.04. The van der Waals surface area contributed by atoms with Gasteiger partial charge in [0.05, 0.1) is 6.61 Å². The fraction of sp³-hybridized carbons (Fsp3) is 0.667. The molecule has 0 fully saturated rings. The number of hydrogen-bond donors (Lipinski definition) is 2. The van der Waals surface area contributed by atoms with E-state index in [9.17, 15) is 9.59 Å². The fourth-order valence-corrected chi connectivity index (χ4v) is 0.453. The fourth-order valence-electron chi connectivity index (χ4n) is 0.453. The number of carbonyl (C=O) groups is 2. The Balaban J connectivity index is 0. The smallest absolute Gasteiger partial charge is 0.320 e. The largest absolute Gasteiger partial charge is 0.480 e. The predicted octanol–water partition coefficient (Wildman–Crippen LogP) is -0.227. The van der Waals surface area contributed by atoms with E-state index in [4.69, 9.17) is 10.8 Å². The summed E-state index contributed by atoms with van der Waals surface area (Å²) >= 11 is 0. The van der Waals surface area contributed by atoms with Crippen LogP contribution in [-0.2, 0) is 14.3 Å².